The standard InChI is InChI=1S/C12H18N4O3S/c1-3-13-7-11-9(2)15-16-12(11)20(17,18)14-6-10-4-5-19-8-10/h4-5,8,13-14H,3,6-7H2,1-2H3,(H,15,16). The van der Waals surface area contributed by atoms with E-state index in [4.69, 9.17) is 4.42 Å². The molecule has 2 aromatic rings. The summed E-state index contributed by atoms with van der Waals surface area (Å²) >= 11 is 0. The average Bonchev–Trinajstić information content (AvgIpc) is 3.04. The van der Waals surface area contributed by atoms with Crippen LogP contribution in [0, 0.1) is 6.92 Å². The second-order valence-electron chi connectivity index (χ2n) is 4.37. The molecule has 110 valence electrons. The van der Waals surface area contributed by atoms with Crippen LogP contribution in [0.4, 0.5) is 0 Å². The molecule has 0 saturated carbocycles. The van der Waals surface area contributed by atoms with Gasteiger partial charge in [-0.2, -0.15) is 5.10 Å². The van der Waals surface area contributed by atoms with Gasteiger partial charge in [0, 0.05) is 29.9 Å². The second-order valence-corrected chi connectivity index (χ2v) is 6.05. The molecule has 0 fully saturated rings. The molecule has 0 aromatic carbocycles. The minimum Gasteiger partial charge on any atom is -0.472 e. The SMILES string of the molecule is CCNCc1c(S(=O)(=O)NCc2ccoc2)n[nH]c1C. The Morgan fingerprint density at radius 1 is 1.40 bits per heavy atom. The Bertz CT molecular complexity index is 646. The lowest BCUT2D eigenvalue weighted by Crippen LogP contribution is -2.25. The summed E-state index contributed by atoms with van der Waals surface area (Å²) in [6.45, 7) is 5.15. The van der Waals surface area contributed by atoms with E-state index in [-0.39, 0.29) is 11.6 Å². The number of aromatic nitrogens is 2. The molecule has 8 heteroatoms. The van der Waals surface area contributed by atoms with Crippen LogP contribution in [0.15, 0.2) is 28.0 Å². The molecule has 0 aliphatic heterocycles. The number of hydrogen-bond donors (Lipinski definition) is 3. The Kier molecular flexibility index (Phi) is 4.58. The van der Waals surface area contributed by atoms with E-state index in [0.717, 1.165) is 17.8 Å². The molecule has 0 atom stereocenters. The first-order valence-corrected chi connectivity index (χ1v) is 7.78. The highest BCUT2D eigenvalue weighted by Gasteiger charge is 2.23. The molecule has 2 rings (SSSR count). The monoisotopic (exact) mass is 298 g/mol. The van der Waals surface area contributed by atoms with Gasteiger partial charge in [-0.3, -0.25) is 5.10 Å². The van der Waals surface area contributed by atoms with Crippen LogP contribution in [-0.2, 0) is 23.1 Å². The van der Waals surface area contributed by atoms with Crippen molar-refractivity contribution in [3.63, 3.8) is 0 Å². The van der Waals surface area contributed by atoms with Gasteiger partial charge in [0.2, 0.25) is 0 Å². The highest BCUT2D eigenvalue weighted by molar-refractivity contribution is 7.89. The number of H-pyrrole nitrogens is 1. The Morgan fingerprint density at radius 2 is 2.20 bits per heavy atom. The molecule has 20 heavy (non-hydrogen) atoms. The lowest BCUT2D eigenvalue weighted by atomic mass is 10.2. The zero-order chi connectivity index (χ0) is 14.6. The first-order chi connectivity index (χ1) is 9.54. The third-order valence-corrected chi connectivity index (χ3v) is 4.26. The predicted molar refractivity (Wildman–Crippen MR) is 73.4 cm³/mol. The Balaban J connectivity index is 2.16. The maximum atomic E-state index is 12.3. The smallest absolute Gasteiger partial charge is 0.260 e. The number of nitrogens with zero attached hydrogens (tertiary/aromatic N) is 1. The minimum atomic E-state index is -3.65. The van der Waals surface area contributed by atoms with Crippen molar-refractivity contribution in [2.75, 3.05) is 6.54 Å². The fourth-order valence-electron chi connectivity index (χ4n) is 1.75. The third kappa shape index (κ3) is 3.27. The van der Waals surface area contributed by atoms with Gasteiger partial charge in [0.05, 0.1) is 12.5 Å². The van der Waals surface area contributed by atoms with Crippen LogP contribution in [0.2, 0.25) is 0 Å². The summed E-state index contributed by atoms with van der Waals surface area (Å²) in [5.41, 5.74) is 2.16. The number of rotatable bonds is 7. The van der Waals surface area contributed by atoms with Crippen LogP contribution in [0.25, 0.3) is 0 Å². The van der Waals surface area contributed by atoms with E-state index >= 15 is 0 Å². The summed E-state index contributed by atoms with van der Waals surface area (Å²) in [5, 5.41) is 9.77. The van der Waals surface area contributed by atoms with Crippen molar-refractivity contribution in [2.45, 2.75) is 32.0 Å². The molecule has 0 unspecified atom stereocenters. The topological polar surface area (TPSA) is 100 Å². The Hall–Kier alpha value is -1.64. The largest absolute Gasteiger partial charge is 0.472 e. The number of aryl methyl sites for hydroxylation is 1. The van der Waals surface area contributed by atoms with E-state index in [9.17, 15) is 8.42 Å². The van der Waals surface area contributed by atoms with Crippen molar-refractivity contribution in [3.05, 3.63) is 35.4 Å². The van der Waals surface area contributed by atoms with Gasteiger partial charge in [-0.05, 0) is 19.5 Å². The zero-order valence-electron chi connectivity index (χ0n) is 11.4. The van der Waals surface area contributed by atoms with E-state index in [2.05, 4.69) is 20.2 Å². The van der Waals surface area contributed by atoms with Gasteiger partial charge < -0.3 is 9.73 Å². The van der Waals surface area contributed by atoms with Crippen molar-refractivity contribution in [2.24, 2.45) is 0 Å². The van der Waals surface area contributed by atoms with E-state index in [1.54, 1.807) is 13.0 Å². The van der Waals surface area contributed by atoms with Gasteiger partial charge in [0.1, 0.15) is 0 Å². The minimum absolute atomic E-state index is 0.0412. The molecule has 0 bridgehead atoms. The molecule has 0 saturated heterocycles. The van der Waals surface area contributed by atoms with E-state index in [0.29, 0.717) is 12.1 Å². The van der Waals surface area contributed by atoms with Crippen LogP contribution >= 0.6 is 0 Å². The fourth-order valence-corrected chi connectivity index (χ4v) is 2.96. The Morgan fingerprint density at radius 3 is 2.85 bits per heavy atom. The number of nitrogens with one attached hydrogen (secondary N) is 3. The number of aromatic amines is 1. The van der Waals surface area contributed by atoms with E-state index < -0.39 is 10.0 Å². The van der Waals surface area contributed by atoms with Crippen molar-refractivity contribution in [3.8, 4) is 0 Å². The first kappa shape index (κ1) is 14.8. The molecule has 2 heterocycles. The fraction of sp³-hybridized carbons (Fsp3) is 0.417. The van der Waals surface area contributed by atoms with Gasteiger partial charge in [0.15, 0.2) is 5.03 Å². The summed E-state index contributed by atoms with van der Waals surface area (Å²) in [6, 6.07) is 1.71. The van der Waals surface area contributed by atoms with Crippen molar-refractivity contribution < 1.29 is 12.8 Å². The molecule has 0 aliphatic rings. The van der Waals surface area contributed by atoms with Crippen molar-refractivity contribution in [1.82, 2.24) is 20.2 Å². The maximum Gasteiger partial charge on any atom is 0.260 e. The van der Waals surface area contributed by atoms with E-state index in [1.807, 2.05) is 6.92 Å². The van der Waals surface area contributed by atoms with Gasteiger partial charge >= 0.3 is 0 Å². The van der Waals surface area contributed by atoms with E-state index in [1.165, 1.54) is 12.5 Å². The van der Waals surface area contributed by atoms with Gasteiger partial charge in [-0.1, -0.05) is 6.92 Å². The lowest BCUT2D eigenvalue weighted by Gasteiger charge is -2.06. The maximum absolute atomic E-state index is 12.3. The molecule has 3 N–H and O–H groups in total. The molecule has 0 spiro atoms. The van der Waals surface area contributed by atoms with Crippen molar-refractivity contribution in [1.29, 1.82) is 0 Å². The van der Waals surface area contributed by atoms with Gasteiger partial charge in [0.25, 0.3) is 10.0 Å². The lowest BCUT2D eigenvalue weighted by molar-refractivity contribution is 0.560. The van der Waals surface area contributed by atoms with Gasteiger partial charge in [-0.25, -0.2) is 13.1 Å². The quantitative estimate of drug-likeness (QED) is 0.705. The predicted octanol–water partition coefficient (Wildman–Crippen LogP) is 0.899. The second kappa shape index (κ2) is 6.21. The summed E-state index contributed by atoms with van der Waals surface area (Å²) in [6.07, 6.45) is 3.00. The number of furan rings is 1. The van der Waals surface area contributed by atoms with Crippen molar-refractivity contribution >= 4 is 10.0 Å². The third-order valence-electron chi connectivity index (χ3n) is 2.89. The van der Waals surface area contributed by atoms with Crippen LogP contribution in [-0.4, -0.2) is 25.2 Å². The molecule has 2 aromatic heterocycles. The molecular formula is C12H18N4O3S. The highest BCUT2D eigenvalue weighted by atomic mass is 32.2. The van der Waals surface area contributed by atoms with Crippen LogP contribution in [0.5, 0.6) is 0 Å². The molecule has 0 radical (unpaired) electrons. The normalized spacial score (nSPS) is 11.9. The van der Waals surface area contributed by atoms with Crippen LogP contribution < -0.4 is 10.0 Å². The van der Waals surface area contributed by atoms with Gasteiger partial charge in [-0.15, -0.1) is 0 Å². The molecular weight excluding hydrogens is 280 g/mol. The summed E-state index contributed by atoms with van der Waals surface area (Å²) in [7, 11) is -3.65. The number of hydrogen-bond acceptors (Lipinski definition) is 5. The first-order valence-electron chi connectivity index (χ1n) is 6.30. The molecule has 0 amide bonds. The summed E-state index contributed by atoms with van der Waals surface area (Å²) in [4.78, 5) is 0. The highest BCUT2D eigenvalue weighted by Crippen LogP contribution is 2.16. The number of sulfonamides is 1. The van der Waals surface area contributed by atoms with Crippen LogP contribution in [0.1, 0.15) is 23.7 Å². The molecule has 7 nitrogen and oxygen atoms in total. The summed E-state index contributed by atoms with van der Waals surface area (Å²) < 4.78 is 32.0. The Labute approximate surface area is 117 Å². The zero-order valence-corrected chi connectivity index (χ0v) is 12.3. The van der Waals surface area contributed by atoms with Crippen LogP contribution in [0.3, 0.4) is 0 Å². The average molecular weight is 298 g/mol. The summed E-state index contributed by atoms with van der Waals surface area (Å²) in [5.74, 6) is 0. The molecule has 0 aliphatic carbocycles.